The zero-order chi connectivity index (χ0) is 10.4. The summed E-state index contributed by atoms with van der Waals surface area (Å²) in [4.78, 5) is 3.79. The van der Waals surface area contributed by atoms with Gasteiger partial charge in [-0.3, -0.25) is 0 Å². The molecule has 0 amide bonds. The van der Waals surface area contributed by atoms with Crippen LogP contribution in [0.25, 0.3) is 0 Å². The van der Waals surface area contributed by atoms with E-state index in [0.29, 0.717) is 6.42 Å². The van der Waals surface area contributed by atoms with Crippen molar-refractivity contribution in [2.75, 3.05) is 17.2 Å². The highest BCUT2D eigenvalue weighted by Gasteiger charge is 2.41. The Balaban J connectivity index is 2.41. The lowest BCUT2D eigenvalue weighted by Crippen LogP contribution is -2.33. The molecule has 1 saturated heterocycles. The third kappa shape index (κ3) is 1.37. The van der Waals surface area contributed by atoms with Gasteiger partial charge in [0.05, 0.1) is 17.0 Å². The summed E-state index contributed by atoms with van der Waals surface area (Å²) in [7, 11) is -2.94. The molecule has 6 nitrogen and oxygen atoms in total. The van der Waals surface area contributed by atoms with Crippen LogP contribution in [0.15, 0.2) is 6.33 Å². The molecular formula is C7H12N4O2S. The summed E-state index contributed by atoms with van der Waals surface area (Å²) in [5, 5.41) is 3.95. The predicted octanol–water partition coefficient (Wildman–Crippen LogP) is -0.606. The Morgan fingerprint density at radius 3 is 2.79 bits per heavy atom. The molecule has 14 heavy (non-hydrogen) atoms. The molecule has 78 valence electrons. The van der Waals surface area contributed by atoms with Gasteiger partial charge >= 0.3 is 0 Å². The minimum Gasteiger partial charge on any atom is -0.368 e. The first-order valence-electron chi connectivity index (χ1n) is 4.29. The Hall–Kier alpha value is -1.11. The molecule has 1 aromatic rings. The second-order valence-corrected chi connectivity index (χ2v) is 6.05. The summed E-state index contributed by atoms with van der Waals surface area (Å²) >= 11 is 0. The standard InChI is InChI=1S/C7H12N4O2S/c1-7(2-3-14(12,13)4-7)11-6(8)9-5-10-11/h5H,2-4H2,1H3,(H2,8,9,10). The lowest BCUT2D eigenvalue weighted by molar-refractivity contribution is 0.333. The molecule has 1 aliphatic rings. The van der Waals surface area contributed by atoms with Gasteiger partial charge in [-0.25, -0.2) is 18.1 Å². The molecule has 2 N–H and O–H groups in total. The summed E-state index contributed by atoms with van der Waals surface area (Å²) in [6.07, 6.45) is 1.88. The normalized spacial score (nSPS) is 30.6. The van der Waals surface area contributed by atoms with Crippen molar-refractivity contribution >= 4 is 15.8 Å². The molecule has 1 fully saturated rings. The van der Waals surface area contributed by atoms with Crippen molar-refractivity contribution in [1.82, 2.24) is 14.8 Å². The minimum absolute atomic E-state index is 0.0908. The van der Waals surface area contributed by atoms with Crippen LogP contribution >= 0.6 is 0 Å². The zero-order valence-electron chi connectivity index (χ0n) is 7.84. The van der Waals surface area contributed by atoms with Crippen LogP contribution in [0.1, 0.15) is 13.3 Å². The van der Waals surface area contributed by atoms with Crippen molar-refractivity contribution in [1.29, 1.82) is 0 Å². The smallest absolute Gasteiger partial charge is 0.218 e. The maximum Gasteiger partial charge on any atom is 0.218 e. The average Bonchev–Trinajstić information content (AvgIpc) is 2.57. The number of nitrogens with zero attached hydrogens (tertiary/aromatic N) is 3. The fourth-order valence-corrected chi connectivity index (χ4v) is 3.94. The van der Waals surface area contributed by atoms with Gasteiger partial charge in [-0.15, -0.1) is 0 Å². The van der Waals surface area contributed by atoms with E-state index in [1.54, 1.807) is 0 Å². The van der Waals surface area contributed by atoms with Crippen molar-refractivity contribution in [2.45, 2.75) is 18.9 Å². The van der Waals surface area contributed by atoms with E-state index in [2.05, 4.69) is 10.1 Å². The van der Waals surface area contributed by atoms with Crippen LogP contribution in [-0.2, 0) is 15.4 Å². The molecule has 1 aliphatic heterocycles. The van der Waals surface area contributed by atoms with Crippen LogP contribution in [0.4, 0.5) is 5.95 Å². The Labute approximate surface area is 82.0 Å². The van der Waals surface area contributed by atoms with Crippen molar-refractivity contribution in [3.63, 3.8) is 0 Å². The average molecular weight is 216 g/mol. The monoisotopic (exact) mass is 216 g/mol. The number of anilines is 1. The van der Waals surface area contributed by atoms with Crippen LogP contribution in [0, 0.1) is 0 Å². The van der Waals surface area contributed by atoms with Crippen molar-refractivity contribution < 1.29 is 8.42 Å². The Kier molecular flexibility index (Phi) is 1.82. The first-order valence-corrected chi connectivity index (χ1v) is 6.12. The predicted molar refractivity (Wildman–Crippen MR) is 51.4 cm³/mol. The van der Waals surface area contributed by atoms with Gasteiger partial charge in [0.2, 0.25) is 5.95 Å². The van der Waals surface area contributed by atoms with Gasteiger partial charge in [-0.05, 0) is 13.3 Å². The molecule has 2 rings (SSSR count). The van der Waals surface area contributed by atoms with E-state index >= 15 is 0 Å². The van der Waals surface area contributed by atoms with Crippen LogP contribution < -0.4 is 5.73 Å². The largest absolute Gasteiger partial charge is 0.368 e. The molecule has 0 bridgehead atoms. The number of nitrogens with two attached hydrogens (primary N) is 1. The Morgan fingerprint density at radius 1 is 1.64 bits per heavy atom. The van der Waals surface area contributed by atoms with Gasteiger partial charge in [0.25, 0.3) is 0 Å². The number of hydrogen-bond donors (Lipinski definition) is 1. The SMILES string of the molecule is CC1(n2ncnc2N)CCS(=O)(=O)C1. The molecule has 0 saturated carbocycles. The van der Waals surface area contributed by atoms with Crippen LogP contribution in [0.3, 0.4) is 0 Å². The van der Waals surface area contributed by atoms with Gasteiger partial charge < -0.3 is 5.73 Å². The number of sulfone groups is 1. The van der Waals surface area contributed by atoms with Gasteiger partial charge in [0.1, 0.15) is 6.33 Å². The molecule has 1 atom stereocenters. The third-order valence-corrected chi connectivity index (χ3v) is 4.46. The van der Waals surface area contributed by atoms with Crippen LogP contribution in [-0.4, -0.2) is 34.7 Å². The molecule has 1 aromatic heterocycles. The molecule has 0 aliphatic carbocycles. The fraction of sp³-hybridized carbons (Fsp3) is 0.714. The summed E-state index contributed by atoms with van der Waals surface area (Å²) < 4.78 is 24.2. The topological polar surface area (TPSA) is 90.9 Å². The molecule has 0 aromatic carbocycles. The lowest BCUT2D eigenvalue weighted by atomic mass is 10.0. The summed E-state index contributed by atoms with van der Waals surface area (Å²) in [6, 6.07) is 0. The number of hydrogen-bond acceptors (Lipinski definition) is 5. The number of rotatable bonds is 1. The van der Waals surface area contributed by atoms with E-state index in [1.165, 1.54) is 11.0 Å². The number of nitrogen functional groups attached to an aromatic ring is 1. The highest BCUT2D eigenvalue weighted by molar-refractivity contribution is 7.91. The summed E-state index contributed by atoms with van der Waals surface area (Å²) in [5.74, 6) is 0.556. The van der Waals surface area contributed by atoms with Crippen LogP contribution in [0.5, 0.6) is 0 Å². The number of aromatic nitrogens is 3. The van der Waals surface area contributed by atoms with Gasteiger partial charge in [0, 0.05) is 0 Å². The van der Waals surface area contributed by atoms with E-state index < -0.39 is 15.4 Å². The Bertz CT molecular complexity index is 452. The van der Waals surface area contributed by atoms with E-state index in [4.69, 9.17) is 5.73 Å². The van der Waals surface area contributed by atoms with E-state index in [9.17, 15) is 8.42 Å². The second-order valence-electron chi connectivity index (χ2n) is 3.87. The fourth-order valence-electron chi connectivity index (χ4n) is 1.83. The van der Waals surface area contributed by atoms with Crippen molar-refractivity contribution in [3.8, 4) is 0 Å². The van der Waals surface area contributed by atoms with Crippen LogP contribution in [0.2, 0.25) is 0 Å². The van der Waals surface area contributed by atoms with Gasteiger partial charge in [-0.2, -0.15) is 5.10 Å². The van der Waals surface area contributed by atoms with Gasteiger partial charge in [0.15, 0.2) is 9.84 Å². The molecule has 2 heterocycles. The molecular weight excluding hydrogens is 204 g/mol. The summed E-state index contributed by atoms with van der Waals surface area (Å²) in [6.45, 7) is 1.84. The summed E-state index contributed by atoms with van der Waals surface area (Å²) in [5.41, 5.74) is 5.06. The lowest BCUT2D eigenvalue weighted by Gasteiger charge is -2.22. The van der Waals surface area contributed by atoms with Crippen molar-refractivity contribution in [2.24, 2.45) is 0 Å². The highest BCUT2D eigenvalue weighted by Crippen LogP contribution is 2.30. The molecule has 0 spiro atoms. The maximum atomic E-state index is 11.4. The van der Waals surface area contributed by atoms with Gasteiger partial charge in [-0.1, -0.05) is 0 Å². The third-order valence-electron chi connectivity index (χ3n) is 2.57. The maximum absolute atomic E-state index is 11.4. The van der Waals surface area contributed by atoms with E-state index in [0.717, 1.165) is 0 Å². The molecule has 7 heteroatoms. The first kappa shape index (κ1) is 9.45. The second kappa shape index (κ2) is 2.69. The van der Waals surface area contributed by atoms with E-state index in [1.807, 2.05) is 6.92 Å². The highest BCUT2D eigenvalue weighted by atomic mass is 32.2. The van der Waals surface area contributed by atoms with Crippen molar-refractivity contribution in [3.05, 3.63) is 6.33 Å². The molecule has 0 radical (unpaired) electrons. The van der Waals surface area contributed by atoms with E-state index in [-0.39, 0.29) is 17.5 Å². The zero-order valence-corrected chi connectivity index (χ0v) is 8.66. The Morgan fingerprint density at radius 2 is 2.36 bits per heavy atom. The minimum atomic E-state index is -2.94. The molecule has 1 unspecified atom stereocenters. The first-order chi connectivity index (χ1) is 6.43. The quantitative estimate of drug-likeness (QED) is 0.676.